The van der Waals surface area contributed by atoms with Crippen LogP contribution in [0.1, 0.15) is 25.1 Å². The summed E-state index contributed by atoms with van der Waals surface area (Å²) in [6, 6.07) is 16.4. The molecule has 0 aliphatic carbocycles. The Morgan fingerprint density at radius 3 is 2.58 bits per heavy atom. The number of rotatable bonds is 8. The number of benzene rings is 2. The summed E-state index contributed by atoms with van der Waals surface area (Å²) in [6.45, 7) is 7.12. The minimum absolute atomic E-state index is 0.503. The van der Waals surface area contributed by atoms with Crippen LogP contribution in [0.2, 0.25) is 0 Å². The Kier molecular flexibility index (Phi) is 6.73. The SMILES string of the molecule is Cc1ccccc1-c1nc(CSc2nnc(-c3ccc(OCC(C)C)cc3)n2C)cs1. The highest BCUT2D eigenvalue weighted by Crippen LogP contribution is 2.30. The van der Waals surface area contributed by atoms with Crippen molar-refractivity contribution < 1.29 is 4.74 Å². The fourth-order valence-corrected chi connectivity index (χ4v) is 4.92. The van der Waals surface area contributed by atoms with E-state index in [4.69, 9.17) is 9.72 Å². The normalized spacial score (nSPS) is 11.3. The van der Waals surface area contributed by atoms with Crippen LogP contribution in [0.25, 0.3) is 22.0 Å². The minimum Gasteiger partial charge on any atom is -0.493 e. The summed E-state index contributed by atoms with van der Waals surface area (Å²) in [7, 11) is 2.00. The maximum absolute atomic E-state index is 5.77. The number of thioether (sulfide) groups is 1. The van der Waals surface area contributed by atoms with E-state index < -0.39 is 0 Å². The molecule has 0 spiro atoms. The van der Waals surface area contributed by atoms with Crippen molar-refractivity contribution in [3.8, 4) is 27.7 Å². The van der Waals surface area contributed by atoms with Crippen LogP contribution in [0.5, 0.6) is 5.75 Å². The molecule has 0 bridgehead atoms. The molecular weight excluding hydrogens is 424 g/mol. The second-order valence-corrected chi connectivity index (χ2v) is 9.64. The van der Waals surface area contributed by atoms with Gasteiger partial charge in [0.2, 0.25) is 0 Å². The molecule has 2 heterocycles. The topological polar surface area (TPSA) is 52.8 Å². The number of hydrogen-bond acceptors (Lipinski definition) is 6. The Labute approximate surface area is 191 Å². The van der Waals surface area contributed by atoms with E-state index in [0.29, 0.717) is 12.5 Å². The van der Waals surface area contributed by atoms with Crippen LogP contribution in [0.3, 0.4) is 0 Å². The van der Waals surface area contributed by atoms with Crippen LogP contribution >= 0.6 is 23.1 Å². The van der Waals surface area contributed by atoms with E-state index >= 15 is 0 Å². The lowest BCUT2D eigenvalue weighted by Crippen LogP contribution is -2.04. The van der Waals surface area contributed by atoms with E-state index in [1.165, 1.54) is 11.1 Å². The monoisotopic (exact) mass is 450 g/mol. The molecule has 0 saturated carbocycles. The van der Waals surface area contributed by atoms with Gasteiger partial charge in [-0.3, -0.25) is 0 Å². The summed E-state index contributed by atoms with van der Waals surface area (Å²) in [6.07, 6.45) is 0. The number of thiazole rings is 1. The highest BCUT2D eigenvalue weighted by Gasteiger charge is 2.13. The summed E-state index contributed by atoms with van der Waals surface area (Å²) >= 11 is 3.34. The summed E-state index contributed by atoms with van der Waals surface area (Å²) < 4.78 is 7.80. The number of aryl methyl sites for hydroxylation is 1. The van der Waals surface area contributed by atoms with E-state index in [1.54, 1.807) is 23.1 Å². The van der Waals surface area contributed by atoms with Crippen molar-refractivity contribution >= 4 is 23.1 Å². The maximum atomic E-state index is 5.77. The average molecular weight is 451 g/mol. The zero-order chi connectivity index (χ0) is 21.8. The molecule has 160 valence electrons. The van der Waals surface area contributed by atoms with Gasteiger partial charge in [0.15, 0.2) is 11.0 Å². The van der Waals surface area contributed by atoms with E-state index in [-0.39, 0.29) is 0 Å². The average Bonchev–Trinajstić information content (AvgIpc) is 3.38. The second-order valence-electron chi connectivity index (χ2n) is 7.84. The molecule has 0 aliphatic rings. The van der Waals surface area contributed by atoms with Gasteiger partial charge in [0.25, 0.3) is 0 Å². The summed E-state index contributed by atoms with van der Waals surface area (Å²) in [5, 5.41) is 12.9. The van der Waals surface area contributed by atoms with E-state index in [1.807, 2.05) is 35.9 Å². The Bertz CT molecular complexity index is 1150. The van der Waals surface area contributed by atoms with Gasteiger partial charge in [-0.2, -0.15) is 0 Å². The molecule has 0 unspecified atom stereocenters. The maximum Gasteiger partial charge on any atom is 0.191 e. The van der Waals surface area contributed by atoms with Crippen LogP contribution in [-0.4, -0.2) is 26.4 Å². The predicted molar refractivity (Wildman–Crippen MR) is 129 cm³/mol. The lowest BCUT2D eigenvalue weighted by atomic mass is 10.1. The molecule has 4 rings (SSSR count). The van der Waals surface area contributed by atoms with Crippen molar-refractivity contribution in [2.24, 2.45) is 13.0 Å². The molecule has 5 nitrogen and oxygen atoms in total. The van der Waals surface area contributed by atoms with Crippen LogP contribution < -0.4 is 4.74 Å². The molecule has 2 aromatic heterocycles. The third kappa shape index (κ3) is 5.17. The highest BCUT2D eigenvalue weighted by atomic mass is 32.2. The van der Waals surface area contributed by atoms with Gasteiger partial charge in [-0.25, -0.2) is 4.98 Å². The Morgan fingerprint density at radius 1 is 1.06 bits per heavy atom. The third-order valence-electron chi connectivity index (χ3n) is 4.81. The molecular formula is C24H26N4OS2. The van der Waals surface area contributed by atoms with Crippen molar-refractivity contribution in [3.05, 3.63) is 65.2 Å². The van der Waals surface area contributed by atoms with E-state index in [9.17, 15) is 0 Å². The smallest absolute Gasteiger partial charge is 0.191 e. The first kappa shape index (κ1) is 21.6. The van der Waals surface area contributed by atoms with Gasteiger partial charge in [-0.05, 0) is 42.7 Å². The van der Waals surface area contributed by atoms with Gasteiger partial charge in [-0.15, -0.1) is 21.5 Å². The van der Waals surface area contributed by atoms with E-state index in [2.05, 4.69) is 60.6 Å². The van der Waals surface area contributed by atoms with Crippen molar-refractivity contribution in [3.63, 3.8) is 0 Å². The third-order valence-corrected chi connectivity index (χ3v) is 6.79. The van der Waals surface area contributed by atoms with Crippen LogP contribution in [-0.2, 0) is 12.8 Å². The molecule has 0 aliphatic heterocycles. The van der Waals surface area contributed by atoms with Gasteiger partial charge in [0.1, 0.15) is 10.8 Å². The Hall–Kier alpha value is -2.64. The zero-order valence-corrected chi connectivity index (χ0v) is 19.8. The molecule has 31 heavy (non-hydrogen) atoms. The van der Waals surface area contributed by atoms with Gasteiger partial charge in [0.05, 0.1) is 12.3 Å². The molecule has 0 atom stereocenters. The lowest BCUT2D eigenvalue weighted by molar-refractivity contribution is 0.271. The van der Waals surface area contributed by atoms with Crippen molar-refractivity contribution in [1.82, 2.24) is 19.7 Å². The summed E-state index contributed by atoms with van der Waals surface area (Å²) in [4.78, 5) is 4.82. The highest BCUT2D eigenvalue weighted by molar-refractivity contribution is 7.98. The molecule has 0 fully saturated rings. The molecule has 0 radical (unpaired) electrons. The van der Waals surface area contributed by atoms with Gasteiger partial charge in [-0.1, -0.05) is 49.9 Å². The summed E-state index contributed by atoms with van der Waals surface area (Å²) in [5.41, 5.74) is 4.53. The van der Waals surface area contributed by atoms with Gasteiger partial charge in [0, 0.05) is 29.3 Å². The van der Waals surface area contributed by atoms with Gasteiger partial charge >= 0.3 is 0 Å². The first-order valence-electron chi connectivity index (χ1n) is 10.3. The van der Waals surface area contributed by atoms with Crippen LogP contribution in [0, 0.1) is 12.8 Å². The molecule has 0 saturated heterocycles. The van der Waals surface area contributed by atoms with Crippen LogP contribution in [0.15, 0.2) is 59.1 Å². The van der Waals surface area contributed by atoms with Crippen molar-refractivity contribution in [2.45, 2.75) is 31.7 Å². The van der Waals surface area contributed by atoms with Crippen molar-refractivity contribution in [2.75, 3.05) is 6.61 Å². The molecule has 2 aromatic carbocycles. The van der Waals surface area contributed by atoms with E-state index in [0.717, 1.165) is 38.7 Å². The minimum atomic E-state index is 0.503. The largest absolute Gasteiger partial charge is 0.493 e. The number of aromatic nitrogens is 4. The number of nitrogens with zero attached hydrogens (tertiary/aromatic N) is 4. The predicted octanol–water partition coefficient (Wildman–Crippen LogP) is 6.24. The first-order chi connectivity index (χ1) is 15.0. The fraction of sp³-hybridized carbons (Fsp3) is 0.292. The van der Waals surface area contributed by atoms with Crippen molar-refractivity contribution in [1.29, 1.82) is 0 Å². The molecule has 7 heteroatoms. The standard InChI is InChI=1S/C24H26N4OS2/c1-16(2)13-29-20-11-9-18(10-12-20)22-26-27-24(28(22)4)31-15-19-14-30-23(25-19)21-8-6-5-7-17(21)3/h5-12,14,16H,13,15H2,1-4H3. The second kappa shape index (κ2) is 9.66. The number of hydrogen-bond donors (Lipinski definition) is 0. The van der Waals surface area contributed by atoms with Gasteiger partial charge < -0.3 is 9.30 Å². The quantitative estimate of drug-likeness (QED) is 0.297. The number of ether oxygens (including phenoxy) is 1. The van der Waals surface area contributed by atoms with Crippen LogP contribution in [0.4, 0.5) is 0 Å². The lowest BCUT2D eigenvalue weighted by Gasteiger charge is -2.09. The molecule has 0 N–H and O–H groups in total. The fourth-order valence-electron chi connectivity index (χ4n) is 3.10. The molecule has 4 aromatic rings. The Balaban J connectivity index is 1.42. The first-order valence-corrected chi connectivity index (χ1v) is 12.1. The summed E-state index contributed by atoms with van der Waals surface area (Å²) in [5.74, 6) is 2.98. The zero-order valence-electron chi connectivity index (χ0n) is 18.2. The molecule has 0 amide bonds. The Morgan fingerprint density at radius 2 is 1.84 bits per heavy atom.